The molecule has 0 saturated heterocycles. The minimum absolute atomic E-state index is 0.272. The molecule has 9 heteroatoms. The van der Waals surface area contributed by atoms with Gasteiger partial charge in [-0.25, -0.2) is 10.1 Å². The Hall–Kier alpha value is -3.78. The molecule has 0 aliphatic heterocycles. The molecule has 0 atom stereocenters. The Kier molecular flexibility index (Phi) is 5.67. The van der Waals surface area contributed by atoms with Gasteiger partial charge in [-0.05, 0) is 38.1 Å². The first-order valence-corrected chi connectivity index (χ1v) is 9.62. The van der Waals surface area contributed by atoms with Gasteiger partial charge in [-0.15, -0.1) is 0 Å². The minimum atomic E-state index is 0.272. The zero-order valence-corrected chi connectivity index (χ0v) is 17.2. The molecule has 0 aliphatic carbocycles. The largest absolute Gasteiger partial charge is 0.324 e. The summed E-state index contributed by atoms with van der Waals surface area (Å²) in [5.41, 5.74) is 6.27. The normalized spacial score (nSPS) is 11.0. The second-order valence-corrected chi connectivity index (χ2v) is 6.91. The lowest BCUT2D eigenvalue weighted by molar-refractivity contribution is 0.767. The number of hydrogen-bond donors (Lipinski definition) is 2. The lowest BCUT2D eigenvalue weighted by atomic mass is 10.2. The lowest BCUT2D eigenvalue weighted by Crippen LogP contribution is -2.11. The molecule has 0 bridgehead atoms. The van der Waals surface area contributed by atoms with Crippen LogP contribution in [0.1, 0.15) is 17.0 Å². The number of nitrogens with one attached hydrogen (secondary N) is 2. The van der Waals surface area contributed by atoms with Gasteiger partial charge in [0, 0.05) is 22.0 Å². The molecule has 4 rings (SSSR count). The van der Waals surface area contributed by atoms with Gasteiger partial charge in [0.2, 0.25) is 11.9 Å². The first-order chi connectivity index (χ1) is 14.6. The van der Waals surface area contributed by atoms with E-state index in [1.165, 1.54) is 0 Å². The standard InChI is InChI=1S/C21H19ClN8/c1-14-12-15(2)30(29-14)21-26-19(24-17-9-4-3-5-10-17)25-20(27-21)28-23-13-16-8-6-7-11-18(16)22/h3-13H,1-2H3,(H2,24,25,26,27,28). The van der Waals surface area contributed by atoms with Crippen molar-refractivity contribution in [2.75, 3.05) is 10.7 Å². The monoisotopic (exact) mass is 418 g/mol. The average Bonchev–Trinajstić information content (AvgIpc) is 3.08. The molecule has 0 aliphatic rings. The van der Waals surface area contributed by atoms with Gasteiger partial charge >= 0.3 is 0 Å². The summed E-state index contributed by atoms with van der Waals surface area (Å²) in [5, 5.41) is 12.5. The van der Waals surface area contributed by atoms with Crippen LogP contribution in [-0.4, -0.2) is 30.9 Å². The van der Waals surface area contributed by atoms with Crippen molar-refractivity contribution in [2.24, 2.45) is 5.10 Å². The summed E-state index contributed by atoms with van der Waals surface area (Å²) >= 11 is 6.16. The molecule has 0 radical (unpaired) electrons. The zero-order valence-electron chi connectivity index (χ0n) is 16.4. The van der Waals surface area contributed by atoms with Crippen LogP contribution < -0.4 is 10.7 Å². The number of anilines is 3. The molecule has 0 fully saturated rings. The van der Waals surface area contributed by atoms with Crippen LogP contribution in [0.25, 0.3) is 5.95 Å². The molecule has 2 heterocycles. The van der Waals surface area contributed by atoms with E-state index in [-0.39, 0.29) is 5.95 Å². The van der Waals surface area contributed by atoms with Crippen LogP contribution in [-0.2, 0) is 0 Å². The number of aromatic nitrogens is 5. The maximum absolute atomic E-state index is 6.16. The van der Waals surface area contributed by atoms with Crippen molar-refractivity contribution in [1.29, 1.82) is 0 Å². The van der Waals surface area contributed by atoms with E-state index in [0.29, 0.717) is 16.9 Å². The van der Waals surface area contributed by atoms with Gasteiger partial charge in [0.25, 0.3) is 5.95 Å². The first kappa shape index (κ1) is 19.5. The fourth-order valence-electron chi connectivity index (χ4n) is 2.79. The predicted molar refractivity (Wildman–Crippen MR) is 119 cm³/mol. The third kappa shape index (κ3) is 4.61. The molecule has 30 heavy (non-hydrogen) atoms. The Morgan fingerprint density at radius 1 is 0.933 bits per heavy atom. The fourth-order valence-corrected chi connectivity index (χ4v) is 2.97. The van der Waals surface area contributed by atoms with Crippen molar-refractivity contribution in [1.82, 2.24) is 24.7 Å². The van der Waals surface area contributed by atoms with Crippen LogP contribution in [0.2, 0.25) is 5.02 Å². The number of hydrogen-bond acceptors (Lipinski definition) is 7. The van der Waals surface area contributed by atoms with E-state index in [4.69, 9.17) is 11.6 Å². The van der Waals surface area contributed by atoms with Crippen molar-refractivity contribution < 1.29 is 0 Å². The summed E-state index contributed by atoms with van der Waals surface area (Å²) in [4.78, 5) is 13.4. The quantitative estimate of drug-likeness (QED) is 0.353. The first-order valence-electron chi connectivity index (χ1n) is 9.24. The van der Waals surface area contributed by atoms with Crippen LogP contribution in [0.15, 0.2) is 65.8 Å². The number of nitrogens with zero attached hydrogens (tertiary/aromatic N) is 6. The lowest BCUT2D eigenvalue weighted by Gasteiger charge is -2.09. The molecule has 2 aromatic carbocycles. The van der Waals surface area contributed by atoms with Gasteiger partial charge in [-0.2, -0.15) is 25.2 Å². The third-order valence-corrected chi connectivity index (χ3v) is 4.47. The number of aryl methyl sites for hydroxylation is 2. The molecule has 150 valence electrons. The highest BCUT2D eigenvalue weighted by Crippen LogP contribution is 2.17. The average molecular weight is 419 g/mol. The summed E-state index contributed by atoms with van der Waals surface area (Å²) in [5.74, 6) is 1.02. The van der Waals surface area contributed by atoms with Crippen molar-refractivity contribution in [3.8, 4) is 5.95 Å². The second-order valence-electron chi connectivity index (χ2n) is 6.50. The van der Waals surface area contributed by atoms with E-state index >= 15 is 0 Å². The van der Waals surface area contributed by atoms with Crippen molar-refractivity contribution in [3.63, 3.8) is 0 Å². The molecule has 0 saturated carbocycles. The summed E-state index contributed by atoms with van der Waals surface area (Å²) in [6.07, 6.45) is 1.61. The molecular formula is C21H19ClN8. The molecular weight excluding hydrogens is 400 g/mol. The molecule has 8 nitrogen and oxygen atoms in total. The van der Waals surface area contributed by atoms with Crippen molar-refractivity contribution >= 4 is 35.4 Å². The molecule has 2 aromatic heterocycles. The maximum atomic E-state index is 6.16. The Bertz CT molecular complexity index is 1190. The van der Waals surface area contributed by atoms with Crippen LogP contribution in [0, 0.1) is 13.8 Å². The Balaban J connectivity index is 1.66. The van der Waals surface area contributed by atoms with Gasteiger partial charge in [-0.3, -0.25) is 0 Å². The van der Waals surface area contributed by atoms with E-state index in [1.54, 1.807) is 17.0 Å². The highest BCUT2D eigenvalue weighted by atomic mass is 35.5. The second kappa shape index (κ2) is 8.71. The Labute approximate surface area is 178 Å². The topological polar surface area (TPSA) is 92.9 Å². The number of halogens is 1. The van der Waals surface area contributed by atoms with E-state index < -0.39 is 0 Å². The maximum Gasteiger partial charge on any atom is 0.257 e. The van der Waals surface area contributed by atoms with E-state index in [1.807, 2.05) is 68.4 Å². The van der Waals surface area contributed by atoms with Gasteiger partial charge < -0.3 is 5.32 Å². The van der Waals surface area contributed by atoms with Gasteiger partial charge in [0.1, 0.15) is 0 Å². The summed E-state index contributed by atoms with van der Waals surface area (Å²) in [6.45, 7) is 3.86. The van der Waals surface area contributed by atoms with Gasteiger partial charge in [0.15, 0.2) is 0 Å². The third-order valence-electron chi connectivity index (χ3n) is 4.13. The predicted octanol–water partition coefficient (Wildman–Crippen LogP) is 4.52. The smallest absolute Gasteiger partial charge is 0.257 e. The van der Waals surface area contributed by atoms with Crippen molar-refractivity contribution in [2.45, 2.75) is 13.8 Å². The van der Waals surface area contributed by atoms with Crippen LogP contribution in [0.3, 0.4) is 0 Å². The summed E-state index contributed by atoms with van der Waals surface area (Å²) in [6, 6.07) is 19.0. The molecule has 4 aromatic rings. The van der Waals surface area contributed by atoms with E-state index in [0.717, 1.165) is 22.6 Å². The highest BCUT2D eigenvalue weighted by molar-refractivity contribution is 6.33. The Morgan fingerprint density at radius 3 is 2.40 bits per heavy atom. The number of benzene rings is 2. The summed E-state index contributed by atoms with van der Waals surface area (Å²) < 4.78 is 1.66. The Morgan fingerprint density at radius 2 is 1.67 bits per heavy atom. The zero-order chi connectivity index (χ0) is 20.9. The van der Waals surface area contributed by atoms with E-state index in [9.17, 15) is 0 Å². The molecule has 0 amide bonds. The number of para-hydroxylation sites is 1. The fraction of sp³-hybridized carbons (Fsp3) is 0.0952. The van der Waals surface area contributed by atoms with Crippen LogP contribution >= 0.6 is 11.6 Å². The summed E-state index contributed by atoms with van der Waals surface area (Å²) in [7, 11) is 0. The number of rotatable bonds is 6. The minimum Gasteiger partial charge on any atom is -0.324 e. The molecule has 0 unspecified atom stereocenters. The van der Waals surface area contributed by atoms with Gasteiger partial charge in [0.05, 0.1) is 11.9 Å². The van der Waals surface area contributed by atoms with Crippen LogP contribution in [0.4, 0.5) is 17.6 Å². The van der Waals surface area contributed by atoms with Crippen molar-refractivity contribution in [3.05, 3.63) is 82.6 Å². The van der Waals surface area contributed by atoms with Gasteiger partial charge in [-0.1, -0.05) is 48.0 Å². The SMILES string of the molecule is Cc1cc(C)n(-c2nc(NN=Cc3ccccc3Cl)nc(Nc3ccccc3)n2)n1. The highest BCUT2D eigenvalue weighted by Gasteiger charge is 2.12. The molecule has 2 N–H and O–H groups in total. The van der Waals surface area contributed by atoms with Crippen LogP contribution in [0.5, 0.6) is 0 Å². The number of hydrazone groups is 1. The molecule has 0 spiro atoms. The van der Waals surface area contributed by atoms with E-state index in [2.05, 4.69) is 35.9 Å².